The summed E-state index contributed by atoms with van der Waals surface area (Å²) in [4.78, 5) is 26.5. The number of carbonyl (C=O) groups is 2. The smallest absolute Gasteiger partial charge is 0.407 e. The van der Waals surface area contributed by atoms with Crippen LogP contribution in [0.5, 0.6) is 0 Å². The molecule has 0 saturated carbocycles. The molecule has 0 radical (unpaired) electrons. The van der Waals surface area contributed by atoms with Crippen molar-refractivity contribution < 1.29 is 19.1 Å². The van der Waals surface area contributed by atoms with E-state index < -0.39 is 17.7 Å². The number of alkyl carbamates (subject to hydrolysis) is 1. The monoisotopic (exact) mass is 348 g/mol. The van der Waals surface area contributed by atoms with E-state index in [2.05, 4.69) is 10.2 Å². The predicted octanol–water partition coefficient (Wildman–Crippen LogP) is 2.89. The lowest BCUT2D eigenvalue weighted by atomic mass is 10.1. The number of rotatable bonds is 5. The second kappa shape index (κ2) is 8.34. The number of benzene rings is 1. The number of amides is 1. The Morgan fingerprint density at radius 2 is 1.96 bits per heavy atom. The molecular formula is C19H28N2O4. The highest BCUT2D eigenvalue weighted by molar-refractivity contribution is 5.77. The largest absolute Gasteiger partial charge is 0.465 e. The molecule has 1 aromatic rings. The number of likely N-dealkylation sites (tertiary alicyclic amines) is 1. The summed E-state index contributed by atoms with van der Waals surface area (Å²) in [6, 6.07) is 9.10. The summed E-state index contributed by atoms with van der Waals surface area (Å²) < 4.78 is 10.6. The first-order valence-corrected chi connectivity index (χ1v) is 8.75. The third-order valence-corrected chi connectivity index (χ3v) is 3.93. The molecule has 6 nitrogen and oxygen atoms in total. The Morgan fingerprint density at radius 1 is 1.28 bits per heavy atom. The van der Waals surface area contributed by atoms with E-state index in [1.165, 1.54) is 0 Å². The number of ether oxygens (including phenoxy) is 2. The van der Waals surface area contributed by atoms with Gasteiger partial charge in [-0.2, -0.15) is 0 Å². The Labute approximate surface area is 149 Å². The number of esters is 1. The van der Waals surface area contributed by atoms with Crippen molar-refractivity contribution in [1.29, 1.82) is 0 Å². The minimum atomic E-state index is -0.528. The maximum Gasteiger partial charge on any atom is 0.407 e. The van der Waals surface area contributed by atoms with Crippen LogP contribution < -0.4 is 5.32 Å². The minimum Gasteiger partial charge on any atom is -0.465 e. The van der Waals surface area contributed by atoms with Crippen LogP contribution in [0.25, 0.3) is 0 Å². The summed E-state index contributed by atoms with van der Waals surface area (Å²) in [6.45, 7) is 8.93. The van der Waals surface area contributed by atoms with Gasteiger partial charge < -0.3 is 14.8 Å². The van der Waals surface area contributed by atoms with Crippen molar-refractivity contribution in [1.82, 2.24) is 10.2 Å². The average molecular weight is 348 g/mol. The number of hydrogen-bond donors (Lipinski definition) is 1. The molecule has 25 heavy (non-hydrogen) atoms. The third-order valence-electron chi connectivity index (χ3n) is 3.93. The minimum absolute atomic E-state index is 0.0458. The molecule has 0 aromatic heterocycles. The first kappa shape index (κ1) is 19.2. The second-order valence-electron chi connectivity index (χ2n) is 7.19. The zero-order chi connectivity index (χ0) is 18.4. The van der Waals surface area contributed by atoms with E-state index in [9.17, 15) is 9.59 Å². The molecular weight excluding hydrogens is 320 g/mol. The van der Waals surface area contributed by atoms with Crippen LogP contribution in [0, 0.1) is 0 Å². The van der Waals surface area contributed by atoms with Gasteiger partial charge in [-0.3, -0.25) is 4.90 Å². The fraction of sp³-hybridized carbons (Fsp3) is 0.579. The van der Waals surface area contributed by atoms with Gasteiger partial charge in [-0.1, -0.05) is 30.3 Å². The van der Waals surface area contributed by atoms with Crippen LogP contribution in [-0.2, 0) is 14.3 Å². The summed E-state index contributed by atoms with van der Waals surface area (Å²) in [5.74, 6) is -0.258. The first-order valence-electron chi connectivity index (χ1n) is 8.75. The fourth-order valence-electron chi connectivity index (χ4n) is 2.97. The van der Waals surface area contributed by atoms with Crippen molar-refractivity contribution in [3.63, 3.8) is 0 Å². The molecule has 0 bridgehead atoms. The lowest BCUT2D eigenvalue weighted by molar-refractivity contribution is -0.149. The summed E-state index contributed by atoms with van der Waals surface area (Å²) in [5.41, 5.74) is 0.374. The molecule has 0 spiro atoms. The van der Waals surface area contributed by atoms with Gasteiger partial charge in [0.15, 0.2) is 0 Å². The van der Waals surface area contributed by atoms with Crippen LogP contribution in [0.15, 0.2) is 30.3 Å². The highest BCUT2D eigenvalue weighted by Gasteiger charge is 2.35. The molecule has 2 rings (SSSR count). The van der Waals surface area contributed by atoms with Gasteiger partial charge in [0.1, 0.15) is 11.6 Å². The molecule has 1 heterocycles. The Morgan fingerprint density at radius 3 is 2.56 bits per heavy atom. The molecule has 1 saturated heterocycles. The number of hydrogen-bond acceptors (Lipinski definition) is 5. The molecule has 1 aromatic carbocycles. The van der Waals surface area contributed by atoms with Gasteiger partial charge in [0, 0.05) is 19.1 Å². The lowest BCUT2D eigenvalue weighted by Crippen LogP contribution is -2.41. The number of nitrogens with one attached hydrogen (secondary N) is 1. The first-order chi connectivity index (χ1) is 11.8. The van der Waals surface area contributed by atoms with E-state index in [4.69, 9.17) is 9.47 Å². The van der Waals surface area contributed by atoms with Gasteiger partial charge in [0.05, 0.1) is 6.61 Å². The standard InChI is InChI=1S/C19H28N2O4/c1-5-24-17(22)16(14-9-7-6-8-10-14)21-12-11-15(13-21)20-18(23)25-19(2,3)4/h6-10,15-16H,5,11-13H2,1-4H3,(H,20,23). The van der Waals surface area contributed by atoms with Crippen LogP contribution in [0.1, 0.15) is 45.7 Å². The van der Waals surface area contributed by atoms with E-state index in [1.807, 2.05) is 51.1 Å². The highest BCUT2D eigenvalue weighted by Crippen LogP contribution is 2.26. The third kappa shape index (κ3) is 5.74. The van der Waals surface area contributed by atoms with Crippen LogP contribution in [0.2, 0.25) is 0 Å². The Kier molecular flexibility index (Phi) is 6.42. The zero-order valence-corrected chi connectivity index (χ0v) is 15.5. The van der Waals surface area contributed by atoms with Gasteiger partial charge >= 0.3 is 12.1 Å². The quantitative estimate of drug-likeness (QED) is 0.829. The Bertz CT molecular complexity index is 583. The highest BCUT2D eigenvalue weighted by atomic mass is 16.6. The van der Waals surface area contributed by atoms with Crippen molar-refractivity contribution in [2.45, 2.75) is 51.8 Å². The van der Waals surface area contributed by atoms with Crippen molar-refractivity contribution in [2.75, 3.05) is 19.7 Å². The SMILES string of the molecule is CCOC(=O)C(c1ccccc1)N1CCC(NC(=O)OC(C)(C)C)C1. The lowest BCUT2D eigenvalue weighted by Gasteiger charge is -2.26. The molecule has 6 heteroatoms. The fourth-order valence-corrected chi connectivity index (χ4v) is 2.97. The maximum absolute atomic E-state index is 12.5. The van der Waals surface area contributed by atoms with E-state index in [-0.39, 0.29) is 12.0 Å². The molecule has 138 valence electrons. The summed E-state index contributed by atoms with van der Waals surface area (Å²) in [6.07, 6.45) is 0.342. The van der Waals surface area contributed by atoms with E-state index in [0.29, 0.717) is 19.7 Å². The summed E-state index contributed by atoms with van der Waals surface area (Å²) >= 11 is 0. The van der Waals surface area contributed by atoms with Gasteiger partial charge in [-0.05, 0) is 39.7 Å². The van der Waals surface area contributed by atoms with Crippen molar-refractivity contribution in [3.05, 3.63) is 35.9 Å². The van der Waals surface area contributed by atoms with Crippen LogP contribution in [-0.4, -0.2) is 48.3 Å². The Balaban J connectivity index is 2.03. The molecule has 2 atom stereocenters. The van der Waals surface area contributed by atoms with Gasteiger partial charge in [-0.25, -0.2) is 9.59 Å². The molecule has 2 unspecified atom stereocenters. The van der Waals surface area contributed by atoms with E-state index in [0.717, 1.165) is 12.0 Å². The topological polar surface area (TPSA) is 67.9 Å². The zero-order valence-electron chi connectivity index (χ0n) is 15.5. The molecule has 1 aliphatic rings. The molecule has 1 amide bonds. The molecule has 1 aliphatic heterocycles. The van der Waals surface area contributed by atoms with Crippen LogP contribution >= 0.6 is 0 Å². The van der Waals surface area contributed by atoms with Crippen molar-refractivity contribution in [3.8, 4) is 0 Å². The van der Waals surface area contributed by atoms with E-state index >= 15 is 0 Å². The predicted molar refractivity (Wildman–Crippen MR) is 95.2 cm³/mol. The van der Waals surface area contributed by atoms with Crippen molar-refractivity contribution >= 4 is 12.1 Å². The van der Waals surface area contributed by atoms with Crippen molar-refractivity contribution in [2.24, 2.45) is 0 Å². The maximum atomic E-state index is 12.5. The average Bonchev–Trinajstić information content (AvgIpc) is 2.94. The summed E-state index contributed by atoms with van der Waals surface area (Å²) in [5, 5.41) is 2.89. The molecule has 1 N–H and O–H groups in total. The van der Waals surface area contributed by atoms with Gasteiger partial charge in [0.2, 0.25) is 0 Å². The van der Waals surface area contributed by atoms with Gasteiger partial charge in [0.25, 0.3) is 0 Å². The van der Waals surface area contributed by atoms with Crippen LogP contribution in [0.4, 0.5) is 4.79 Å². The second-order valence-corrected chi connectivity index (χ2v) is 7.19. The normalized spacial score (nSPS) is 19.3. The summed E-state index contributed by atoms with van der Waals surface area (Å²) in [7, 11) is 0. The van der Waals surface area contributed by atoms with Gasteiger partial charge in [-0.15, -0.1) is 0 Å². The van der Waals surface area contributed by atoms with E-state index in [1.54, 1.807) is 6.92 Å². The van der Waals surface area contributed by atoms with Crippen LogP contribution in [0.3, 0.4) is 0 Å². The number of nitrogens with zero attached hydrogens (tertiary/aromatic N) is 1. The molecule has 1 fully saturated rings. The number of carbonyl (C=O) groups excluding carboxylic acids is 2. The molecule has 0 aliphatic carbocycles. The Hall–Kier alpha value is -2.08.